The number of hydrogen-bond donors (Lipinski definition) is 3. The Labute approximate surface area is 192 Å². The predicted molar refractivity (Wildman–Crippen MR) is 124 cm³/mol. The molecule has 170 valence electrons. The van der Waals surface area contributed by atoms with Gasteiger partial charge in [0, 0.05) is 6.42 Å². The van der Waals surface area contributed by atoms with E-state index in [4.69, 9.17) is 21.7 Å². The molecule has 2 aromatic rings. The Kier molecular flexibility index (Phi) is 10.7. The number of benzene rings is 2. The second-order valence-electron chi connectivity index (χ2n) is 6.91. The number of esters is 1. The van der Waals surface area contributed by atoms with Gasteiger partial charge in [-0.25, -0.2) is 0 Å². The molecule has 0 aliphatic heterocycles. The van der Waals surface area contributed by atoms with Crippen molar-refractivity contribution in [3.63, 3.8) is 0 Å². The van der Waals surface area contributed by atoms with E-state index >= 15 is 0 Å². The summed E-state index contributed by atoms with van der Waals surface area (Å²) in [6.45, 7) is 1.95. The van der Waals surface area contributed by atoms with Gasteiger partial charge >= 0.3 is 5.97 Å². The molecule has 2 amide bonds. The lowest BCUT2D eigenvalue weighted by molar-refractivity contribution is -0.145. The topological polar surface area (TPSA) is 106 Å². The quantitative estimate of drug-likeness (QED) is 0.218. The van der Waals surface area contributed by atoms with Gasteiger partial charge in [-0.05, 0) is 49.2 Å². The highest BCUT2D eigenvalue weighted by Crippen LogP contribution is 2.15. The maximum absolute atomic E-state index is 11.9. The number of nitrogens with one attached hydrogen (secondary N) is 3. The highest BCUT2D eigenvalue weighted by atomic mass is 32.1. The number of hydrogen-bond acceptors (Lipinski definition) is 6. The number of carbonyl (C=O) groups excluding carboxylic acids is 3. The van der Waals surface area contributed by atoms with Crippen LogP contribution in [-0.4, -0.2) is 36.1 Å². The molecule has 0 atom stereocenters. The van der Waals surface area contributed by atoms with Crippen molar-refractivity contribution in [3.05, 3.63) is 65.7 Å². The molecule has 0 bridgehead atoms. The molecule has 3 N–H and O–H groups in total. The minimum absolute atomic E-state index is 0.0591. The normalized spacial score (nSPS) is 10.0. The maximum atomic E-state index is 11.9. The third kappa shape index (κ3) is 10.0. The Balaban J connectivity index is 1.53. The molecular weight excluding hydrogens is 430 g/mol. The second-order valence-corrected chi connectivity index (χ2v) is 7.32. The minimum Gasteiger partial charge on any atom is -0.483 e. The van der Waals surface area contributed by atoms with Crippen molar-refractivity contribution >= 4 is 35.1 Å². The molecule has 0 heterocycles. The summed E-state index contributed by atoms with van der Waals surface area (Å²) in [5, 5.41) is 2.29. The molecule has 0 aromatic heterocycles. The van der Waals surface area contributed by atoms with Crippen molar-refractivity contribution in [3.8, 4) is 5.75 Å². The first kappa shape index (κ1) is 24.8. The van der Waals surface area contributed by atoms with Gasteiger partial charge in [-0.1, -0.05) is 48.5 Å². The highest BCUT2D eigenvalue weighted by Gasteiger charge is 2.10. The third-order valence-corrected chi connectivity index (χ3v) is 4.50. The number of para-hydroxylation sites is 1. The Morgan fingerprint density at radius 2 is 1.62 bits per heavy atom. The van der Waals surface area contributed by atoms with Gasteiger partial charge in [0.2, 0.25) is 5.91 Å². The molecule has 0 radical (unpaired) electrons. The second kappa shape index (κ2) is 13.8. The summed E-state index contributed by atoms with van der Waals surface area (Å²) < 4.78 is 10.5. The molecule has 0 saturated carbocycles. The molecule has 8 nitrogen and oxygen atoms in total. The van der Waals surface area contributed by atoms with E-state index in [1.165, 1.54) is 5.56 Å². The van der Waals surface area contributed by atoms with Crippen molar-refractivity contribution in [1.82, 2.24) is 16.2 Å². The summed E-state index contributed by atoms with van der Waals surface area (Å²) >= 11 is 4.94. The molecule has 0 unspecified atom stereocenters. The van der Waals surface area contributed by atoms with Crippen LogP contribution in [0.1, 0.15) is 30.4 Å². The first-order valence-electron chi connectivity index (χ1n) is 10.2. The largest absolute Gasteiger partial charge is 0.483 e. The van der Waals surface area contributed by atoms with Gasteiger partial charge in [0.25, 0.3) is 5.91 Å². The number of ether oxygens (including phenoxy) is 2. The molecule has 0 spiro atoms. The summed E-state index contributed by atoms with van der Waals surface area (Å²) in [6.07, 6.45) is 1.39. The standard InChI is InChI=1S/C23H27N3O5S/c1-17-8-5-6-12-19(17)31-16-21(28)25-26-23(32)24-20(27)13-14-22(29)30-15-7-11-18-9-3-2-4-10-18/h2-6,8-10,12H,7,11,13-16H2,1H3,(H,25,28)(H2,24,26,27,32). The van der Waals surface area contributed by atoms with Crippen LogP contribution in [0.3, 0.4) is 0 Å². The fourth-order valence-corrected chi connectivity index (χ4v) is 2.80. The van der Waals surface area contributed by atoms with Gasteiger partial charge in [0.15, 0.2) is 11.7 Å². The number of thiocarbonyl (C=S) groups is 1. The van der Waals surface area contributed by atoms with Gasteiger partial charge in [0.1, 0.15) is 5.75 Å². The zero-order valence-electron chi connectivity index (χ0n) is 17.9. The van der Waals surface area contributed by atoms with Crippen molar-refractivity contribution in [2.45, 2.75) is 32.6 Å². The van der Waals surface area contributed by atoms with Crippen molar-refractivity contribution in [1.29, 1.82) is 0 Å². The lowest BCUT2D eigenvalue weighted by Crippen LogP contribution is -2.49. The van der Waals surface area contributed by atoms with E-state index in [1.807, 2.05) is 55.5 Å². The summed E-state index contributed by atoms with van der Waals surface area (Å²) in [4.78, 5) is 35.4. The van der Waals surface area contributed by atoms with Crippen molar-refractivity contribution < 1.29 is 23.9 Å². The SMILES string of the molecule is Cc1ccccc1OCC(=O)NNC(=S)NC(=O)CCC(=O)OCCCc1ccccc1. The predicted octanol–water partition coefficient (Wildman–Crippen LogP) is 2.35. The summed E-state index contributed by atoms with van der Waals surface area (Å²) in [7, 11) is 0. The van der Waals surface area contributed by atoms with Crippen LogP contribution >= 0.6 is 12.2 Å². The first-order chi connectivity index (χ1) is 15.4. The molecule has 32 heavy (non-hydrogen) atoms. The van der Waals surface area contributed by atoms with Gasteiger partial charge < -0.3 is 14.8 Å². The molecular formula is C23H27N3O5S. The molecule has 0 aliphatic rings. The maximum Gasteiger partial charge on any atom is 0.306 e. The van der Waals surface area contributed by atoms with Crippen LogP contribution < -0.4 is 20.9 Å². The Hall–Kier alpha value is -3.46. The van der Waals surface area contributed by atoms with E-state index in [0.29, 0.717) is 18.8 Å². The summed E-state index contributed by atoms with van der Waals surface area (Å²) in [5.41, 5.74) is 6.83. The average Bonchev–Trinajstić information content (AvgIpc) is 2.79. The number of hydrazine groups is 1. The van der Waals surface area contributed by atoms with E-state index in [0.717, 1.165) is 12.0 Å². The van der Waals surface area contributed by atoms with Gasteiger partial charge in [-0.15, -0.1) is 0 Å². The fourth-order valence-electron chi connectivity index (χ4n) is 2.64. The van der Waals surface area contributed by atoms with Gasteiger partial charge in [0.05, 0.1) is 13.0 Å². The van der Waals surface area contributed by atoms with Crippen LogP contribution in [0.25, 0.3) is 0 Å². The highest BCUT2D eigenvalue weighted by molar-refractivity contribution is 7.80. The van der Waals surface area contributed by atoms with E-state index in [-0.39, 0.29) is 24.6 Å². The molecule has 2 aromatic carbocycles. The van der Waals surface area contributed by atoms with Crippen molar-refractivity contribution in [2.75, 3.05) is 13.2 Å². The van der Waals surface area contributed by atoms with Crippen LogP contribution in [0.4, 0.5) is 0 Å². The molecule has 9 heteroatoms. The van der Waals surface area contributed by atoms with Crippen LogP contribution in [-0.2, 0) is 25.5 Å². The first-order valence-corrected chi connectivity index (χ1v) is 10.6. The summed E-state index contributed by atoms with van der Waals surface area (Å²) in [5.74, 6) is -0.780. The third-order valence-electron chi connectivity index (χ3n) is 4.29. The number of rotatable bonds is 10. The van der Waals surface area contributed by atoms with Crippen LogP contribution in [0, 0.1) is 6.92 Å². The smallest absolute Gasteiger partial charge is 0.306 e. The number of amides is 2. The summed E-state index contributed by atoms with van der Waals surface area (Å²) in [6, 6.07) is 17.2. The van der Waals surface area contributed by atoms with Crippen LogP contribution in [0.2, 0.25) is 0 Å². The molecule has 0 saturated heterocycles. The molecule has 0 aliphatic carbocycles. The van der Waals surface area contributed by atoms with E-state index in [1.54, 1.807) is 6.07 Å². The Morgan fingerprint density at radius 1 is 0.906 bits per heavy atom. The van der Waals surface area contributed by atoms with E-state index in [9.17, 15) is 14.4 Å². The van der Waals surface area contributed by atoms with Gasteiger partial charge in [-0.2, -0.15) is 0 Å². The van der Waals surface area contributed by atoms with Crippen LogP contribution in [0.5, 0.6) is 5.75 Å². The lowest BCUT2D eigenvalue weighted by atomic mass is 10.1. The number of carbonyl (C=O) groups is 3. The van der Waals surface area contributed by atoms with E-state index in [2.05, 4.69) is 16.2 Å². The molecule has 0 fully saturated rings. The van der Waals surface area contributed by atoms with Crippen LogP contribution in [0.15, 0.2) is 54.6 Å². The Bertz CT molecular complexity index is 921. The Morgan fingerprint density at radius 3 is 2.38 bits per heavy atom. The fraction of sp³-hybridized carbons (Fsp3) is 0.304. The average molecular weight is 458 g/mol. The number of aryl methyl sites for hydroxylation is 2. The van der Waals surface area contributed by atoms with Gasteiger partial charge in [-0.3, -0.25) is 25.2 Å². The zero-order chi connectivity index (χ0) is 23.2. The lowest BCUT2D eigenvalue weighted by Gasteiger charge is -2.12. The zero-order valence-corrected chi connectivity index (χ0v) is 18.7. The van der Waals surface area contributed by atoms with Crippen molar-refractivity contribution in [2.24, 2.45) is 0 Å². The van der Waals surface area contributed by atoms with E-state index < -0.39 is 17.8 Å². The monoisotopic (exact) mass is 457 g/mol. The minimum atomic E-state index is -0.469. The molecule has 2 rings (SSSR count).